The van der Waals surface area contributed by atoms with E-state index in [4.69, 9.17) is 12.2 Å². The highest BCUT2D eigenvalue weighted by Gasteiger charge is 2.51. The van der Waals surface area contributed by atoms with Crippen molar-refractivity contribution in [3.63, 3.8) is 0 Å². The zero-order valence-electron chi connectivity index (χ0n) is 12.8. The van der Waals surface area contributed by atoms with Crippen LogP contribution < -0.4 is 10.6 Å². The Labute approximate surface area is 141 Å². The van der Waals surface area contributed by atoms with Crippen molar-refractivity contribution in [2.75, 3.05) is 12.3 Å². The molecule has 1 amide bonds. The number of carbonyl (C=O) groups excluding carboxylic acids is 1. The summed E-state index contributed by atoms with van der Waals surface area (Å²) in [4.78, 5) is 16.7. The molecule has 5 aliphatic rings. The van der Waals surface area contributed by atoms with Gasteiger partial charge in [0, 0.05) is 12.2 Å². The molecule has 4 fully saturated rings. The number of carbonyl (C=O) groups is 1. The predicted octanol–water partition coefficient (Wildman–Crippen LogP) is 2.69. The van der Waals surface area contributed by atoms with Crippen LogP contribution in [0.5, 0.6) is 0 Å². The summed E-state index contributed by atoms with van der Waals surface area (Å²) in [7, 11) is 0. The molecule has 0 aromatic rings. The number of aliphatic imine (C=N–C) groups is 1. The molecule has 0 aromatic heterocycles. The lowest BCUT2D eigenvalue weighted by molar-refractivity contribution is -0.128. The van der Waals surface area contributed by atoms with Crippen molar-refractivity contribution in [1.82, 2.24) is 10.6 Å². The Hall–Kier alpha value is -0.620. The summed E-state index contributed by atoms with van der Waals surface area (Å²) in [6.45, 7) is 0.830. The lowest BCUT2D eigenvalue weighted by Crippen LogP contribution is -2.49. The number of nitrogens with zero attached hydrogens (tertiary/aromatic N) is 1. The smallest absolute Gasteiger partial charge is 0.226 e. The Morgan fingerprint density at radius 1 is 1.23 bits per heavy atom. The molecule has 0 radical (unpaired) electrons. The molecule has 0 atom stereocenters. The second-order valence-corrected chi connectivity index (χ2v) is 9.12. The standard InChI is InChI=1S/C16H23N3OS2/c20-13(18-14(21)19-15-17-1-2-22-15)9-16-6-10-3-11(7-16)5-12(4-10)8-16/h10-12H,1-9H2,(H2,17,18,19,20,21). The van der Waals surface area contributed by atoms with Gasteiger partial charge in [0.05, 0.1) is 6.54 Å². The van der Waals surface area contributed by atoms with Gasteiger partial charge in [-0.15, -0.1) is 0 Å². The van der Waals surface area contributed by atoms with Crippen LogP contribution in [0.15, 0.2) is 4.99 Å². The number of amides is 1. The second kappa shape index (κ2) is 5.78. The maximum absolute atomic E-state index is 12.4. The van der Waals surface area contributed by atoms with Crippen LogP contribution in [0.4, 0.5) is 0 Å². The van der Waals surface area contributed by atoms with Crippen LogP contribution in [-0.4, -0.2) is 28.5 Å². The SMILES string of the molecule is O=C(CC12CC3CC(CC(C3)C1)C2)NC(=S)NC1=NCCS1. The van der Waals surface area contributed by atoms with Crippen LogP contribution in [0.25, 0.3) is 0 Å². The van der Waals surface area contributed by atoms with E-state index in [1.165, 1.54) is 38.5 Å². The Balaban J connectivity index is 1.33. The van der Waals surface area contributed by atoms with E-state index < -0.39 is 0 Å². The van der Waals surface area contributed by atoms with Crippen LogP contribution in [-0.2, 0) is 4.79 Å². The largest absolute Gasteiger partial charge is 0.312 e. The highest BCUT2D eigenvalue weighted by atomic mass is 32.2. The lowest BCUT2D eigenvalue weighted by Gasteiger charge is -2.56. The van der Waals surface area contributed by atoms with Crippen LogP contribution >= 0.6 is 24.0 Å². The molecule has 4 aliphatic carbocycles. The third kappa shape index (κ3) is 3.04. The number of nitrogens with one attached hydrogen (secondary N) is 2. The van der Waals surface area contributed by atoms with Gasteiger partial charge in [-0.3, -0.25) is 9.79 Å². The first kappa shape index (κ1) is 14.9. The van der Waals surface area contributed by atoms with Crippen molar-refractivity contribution in [2.45, 2.75) is 44.9 Å². The predicted molar refractivity (Wildman–Crippen MR) is 93.9 cm³/mol. The Bertz CT molecular complexity index is 496. The summed E-state index contributed by atoms with van der Waals surface area (Å²) in [5, 5.41) is 7.14. The monoisotopic (exact) mass is 337 g/mol. The van der Waals surface area contributed by atoms with Gasteiger partial charge in [0.1, 0.15) is 0 Å². The van der Waals surface area contributed by atoms with Gasteiger partial charge in [-0.2, -0.15) is 0 Å². The number of hydrogen-bond acceptors (Lipinski definition) is 4. The van der Waals surface area contributed by atoms with Gasteiger partial charge in [0.2, 0.25) is 5.91 Å². The van der Waals surface area contributed by atoms with E-state index in [0.717, 1.165) is 35.2 Å². The van der Waals surface area contributed by atoms with Crippen molar-refractivity contribution in [1.29, 1.82) is 0 Å². The molecule has 1 aliphatic heterocycles. The van der Waals surface area contributed by atoms with E-state index in [9.17, 15) is 4.79 Å². The molecule has 4 saturated carbocycles. The Kier molecular flexibility index (Phi) is 3.93. The van der Waals surface area contributed by atoms with Gasteiger partial charge in [0.15, 0.2) is 10.3 Å². The molecule has 4 bridgehead atoms. The number of amidine groups is 1. The van der Waals surface area contributed by atoms with Gasteiger partial charge < -0.3 is 10.6 Å². The summed E-state index contributed by atoms with van der Waals surface area (Å²) < 4.78 is 0. The minimum absolute atomic E-state index is 0.0862. The van der Waals surface area contributed by atoms with Crippen molar-refractivity contribution >= 4 is 40.2 Å². The van der Waals surface area contributed by atoms with Crippen LogP contribution in [0.2, 0.25) is 0 Å². The fraction of sp³-hybridized carbons (Fsp3) is 0.812. The van der Waals surface area contributed by atoms with Gasteiger partial charge in [0.25, 0.3) is 0 Å². The molecule has 4 nitrogen and oxygen atoms in total. The molecule has 5 rings (SSSR count). The fourth-order valence-corrected chi connectivity index (χ4v) is 6.56. The second-order valence-electron chi connectivity index (χ2n) is 7.63. The summed E-state index contributed by atoms with van der Waals surface area (Å²) >= 11 is 6.89. The van der Waals surface area contributed by atoms with Crippen molar-refractivity contribution < 1.29 is 4.79 Å². The summed E-state index contributed by atoms with van der Waals surface area (Å²) in [6, 6.07) is 0. The molecular formula is C16H23N3OS2. The normalized spacial score (nSPS) is 38.7. The van der Waals surface area contributed by atoms with Crippen LogP contribution in [0, 0.1) is 23.2 Å². The van der Waals surface area contributed by atoms with E-state index >= 15 is 0 Å². The molecule has 22 heavy (non-hydrogen) atoms. The van der Waals surface area contributed by atoms with Crippen molar-refractivity contribution in [3.8, 4) is 0 Å². The quantitative estimate of drug-likeness (QED) is 0.761. The molecule has 1 heterocycles. The third-order valence-electron chi connectivity index (χ3n) is 5.76. The van der Waals surface area contributed by atoms with Gasteiger partial charge >= 0.3 is 0 Å². The Morgan fingerprint density at radius 2 is 1.86 bits per heavy atom. The first-order valence-corrected chi connectivity index (χ1v) is 9.78. The molecule has 0 saturated heterocycles. The molecule has 6 heteroatoms. The highest BCUT2D eigenvalue weighted by molar-refractivity contribution is 8.14. The minimum Gasteiger partial charge on any atom is -0.312 e. The van der Waals surface area contributed by atoms with Crippen molar-refractivity contribution in [2.24, 2.45) is 28.2 Å². The average Bonchev–Trinajstić information content (AvgIpc) is 2.88. The van der Waals surface area contributed by atoms with E-state index in [0.29, 0.717) is 11.5 Å². The number of hydrogen-bond donors (Lipinski definition) is 2. The molecule has 120 valence electrons. The van der Waals surface area contributed by atoms with Gasteiger partial charge in [-0.1, -0.05) is 11.8 Å². The maximum atomic E-state index is 12.4. The fourth-order valence-electron chi connectivity index (χ4n) is 5.56. The molecule has 0 aromatic carbocycles. The van der Waals surface area contributed by atoms with Gasteiger partial charge in [-0.05, 0) is 73.9 Å². The first-order valence-electron chi connectivity index (χ1n) is 8.38. The topological polar surface area (TPSA) is 53.5 Å². The zero-order chi connectivity index (χ0) is 15.2. The van der Waals surface area contributed by atoms with E-state index in [-0.39, 0.29) is 11.3 Å². The van der Waals surface area contributed by atoms with Crippen LogP contribution in [0.1, 0.15) is 44.9 Å². The molecule has 2 N–H and O–H groups in total. The minimum atomic E-state index is 0.0862. The van der Waals surface area contributed by atoms with E-state index in [1.807, 2.05) is 0 Å². The lowest BCUT2D eigenvalue weighted by atomic mass is 9.49. The van der Waals surface area contributed by atoms with E-state index in [2.05, 4.69) is 15.6 Å². The molecule has 0 spiro atoms. The number of thiocarbonyl (C=S) groups is 1. The summed E-state index contributed by atoms with van der Waals surface area (Å²) in [5.74, 6) is 3.73. The van der Waals surface area contributed by atoms with Gasteiger partial charge in [-0.25, -0.2) is 0 Å². The summed E-state index contributed by atoms with van der Waals surface area (Å²) in [5.41, 5.74) is 0.272. The Morgan fingerprint density at radius 3 is 2.41 bits per heavy atom. The third-order valence-corrected chi connectivity index (χ3v) is 6.85. The zero-order valence-corrected chi connectivity index (χ0v) is 14.4. The number of rotatable bonds is 2. The molecule has 0 unspecified atom stereocenters. The highest BCUT2D eigenvalue weighted by Crippen LogP contribution is 2.61. The average molecular weight is 338 g/mol. The maximum Gasteiger partial charge on any atom is 0.226 e. The van der Waals surface area contributed by atoms with Crippen molar-refractivity contribution in [3.05, 3.63) is 0 Å². The summed E-state index contributed by atoms with van der Waals surface area (Å²) in [6.07, 6.45) is 8.67. The number of thioether (sulfide) groups is 1. The van der Waals surface area contributed by atoms with E-state index in [1.54, 1.807) is 11.8 Å². The van der Waals surface area contributed by atoms with Crippen LogP contribution in [0.3, 0.4) is 0 Å². The first-order chi connectivity index (χ1) is 10.6. The molecular weight excluding hydrogens is 314 g/mol.